The number of rotatable bonds is 3. The summed E-state index contributed by atoms with van der Waals surface area (Å²) in [5, 5.41) is 7.96. The van der Waals surface area contributed by atoms with E-state index in [1.54, 1.807) is 6.92 Å². The Morgan fingerprint density at radius 3 is 2.00 bits per heavy atom. The van der Waals surface area contributed by atoms with Gasteiger partial charge in [0.25, 0.3) is 0 Å². The summed E-state index contributed by atoms with van der Waals surface area (Å²) >= 11 is 0. The average Bonchev–Trinajstić information content (AvgIpc) is 1.67. The second kappa shape index (κ2) is 6.26. The molecule has 0 aliphatic carbocycles. The van der Waals surface area contributed by atoms with Crippen molar-refractivity contribution in [1.82, 2.24) is 0 Å². The van der Waals surface area contributed by atoms with Crippen LogP contribution in [0, 0.1) is 0 Å². The van der Waals surface area contributed by atoms with Crippen LogP contribution in [-0.2, 0) is 9.59 Å². The average molecular weight is 139 g/mol. The smallest absolute Gasteiger partial charge is 0.372 e. The molecule has 0 aromatic heterocycles. The third-order valence-electron chi connectivity index (χ3n) is 0.716. The minimum Gasteiger partial charge on any atom is -0.476 e. The number of carbonyl (C=O) groups excluding carboxylic acids is 1. The standard InChI is InChI=1S/C5H8O3.Na/c1-2-3-4(6)5(7)8;/h2-3H2,1H3,(H,7,8);. The van der Waals surface area contributed by atoms with Gasteiger partial charge in [0.1, 0.15) is 0 Å². The number of hydrogen-bond acceptors (Lipinski definition) is 2. The Morgan fingerprint density at radius 1 is 1.44 bits per heavy atom. The minimum atomic E-state index is -1.33. The van der Waals surface area contributed by atoms with Gasteiger partial charge in [-0.25, -0.2) is 4.79 Å². The summed E-state index contributed by atoms with van der Waals surface area (Å²) in [6.07, 6.45) is 0.750. The van der Waals surface area contributed by atoms with Crippen molar-refractivity contribution in [3.8, 4) is 0 Å². The van der Waals surface area contributed by atoms with E-state index >= 15 is 0 Å². The van der Waals surface area contributed by atoms with Crippen LogP contribution in [0.3, 0.4) is 0 Å². The number of carboxylic acids is 1. The quantitative estimate of drug-likeness (QED) is 0.444. The van der Waals surface area contributed by atoms with E-state index in [1.807, 2.05) is 0 Å². The molecular weight excluding hydrogens is 131 g/mol. The van der Waals surface area contributed by atoms with Gasteiger partial charge >= 0.3 is 5.97 Å². The molecule has 0 saturated heterocycles. The van der Waals surface area contributed by atoms with Crippen molar-refractivity contribution in [2.24, 2.45) is 0 Å². The first-order valence-corrected chi connectivity index (χ1v) is 2.44. The molecule has 1 radical (unpaired) electrons. The molecule has 0 aliphatic rings. The molecule has 0 unspecified atom stereocenters. The summed E-state index contributed by atoms with van der Waals surface area (Å²) in [4.78, 5) is 19.9. The number of carboxylic acid groups (broad SMARTS) is 1. The molecule has 0 rings (SSSR count). The second-order valence-electron chi connectivity index (χ2n) is 1.48. The molecule has 0 bridgehead atoms. The molecule has 0 aromatic rings. The van der Waals surface area contributed by atoms with Crippen LogP contribution < -0.4 is 0 Å². The molecule has 47 valence electrons. The molecule has 0 aliphatic heterocycles. The maximum Gasteiger partial charge on any atom is 0.372 e. The van der Waals surface area contributed by atoms with Gasteiger partial charge in [0.15, 0.2) is 0 Å². The summed E-state index contributed by atoms with van der Waals surface area (Å²) in [6, 6.07) is 0. The van der Waals surface area contributed by atoms with Gasteiger partial charge in [-0.1, -0.05) is 6.92 Å². The normalized spacial score (nSPS) is 7.67. The van der Waals surface area contributed by atoms with E-state index < -0.39 is 11.8 Å². The van der Waals surface area contributed by atoms with Gasteiger partial charge in [-0.05, 0) is 6.42 Å². The summed E-state index contributed by atoms with van der Waals surface area (Å²) < 4.78 is 0. The minimum absolute atomic E-state index is 0. The van der Waals surface area contributed by atoms with Crippen LogP contribution in [0.5, 0.6) is 0 Å². The van der Waals surface area contributed by atoms with Crippen LogP contribution in [-0.4, -0.2) is 46.4 Å². The van der Waals surface area contributed by atoms with E-state index in [9.17, 15) is 9.59 Å². The van der Waals surface area contributed by atoms with Crippen LogP contribution in [0.2, 0.25) is 0 Å². The monoisotopic (exact) mass is 139 g/mol. The molecule has 0 aromatic carbocycles. The Hall–Kier alpha value is 0.140. The van der Waals surface area contributed by atoms with Gasteiger partial charge < -0.3 is 5.11 Å². The van der Waals surface area contributed by atoms with Crippen LogP contribution in [0.4, 0.5) is 0 Å². The predicted octanol–water partition coefficient (Wildman–Crippen LogP) is 0.0594. The van der Waals surface area contributed by atoms with E-state index in [1.165, 1.54) is 0 Å². The molecule has 9 heavy (non-hydrogen) atoms. The van der Waals surface area contributed by atoms with Crippen molar-refractivity contribution in [3.05, 3.63) is 0 Å². The summed E-state index contributed by atoms with van der Waals surface area (Å²) in [5.41, 5.74) is 0. The third-order valence-corrected chi connectivity index (χ3v) is 0.716. The summed E-state index contributed by atoms with van der Waals surface area (Å²) in [5.74, 6) is -2.03. The zero-order chi connectivity index (χ0) is 6.57. The van der Waals surface area contributed by atoms with Crippen LogP contribution in [0.15, 0.2) is 0 Å². The Labute approximate surface area is 75.7 Å². The fraction of sp³-hybridized carbons (Fsp3) is 0.600. The van der Waals surface area contributed by atoms with Crippen LogP contribution in [0.25, 0.3) is 0 Å². The van der Waals surface area contributed by atoms with E-state index in [4.69, 9.17) is 5.11 Å². The van der Waals surface area contributed by atoms with Gasteiger partial charge in [-0.2, -0.15) is 0 Å². The Bertz CT molecular complexity index is 111. The number of hydrogen-bond donors (Lipinski definition) is 1. The molecule has 0 fully saturated rings. The van der Waals surface area contributed by atoms with Gasteiger partial charge in [0.2, 0.25) is 5.78 Å². The number of carbonyl (C=O) groups is 2. The van der Waals surface area contributed by atoms with Crippen molar-refractivity contribution < 1.29 is 14.7 Å². The molecule has 3 nitrogen and oxygen atoms in total. The largest absolute Gasteiger partial charge is 0.476 e. The molecule has 1 N–H and O–H groups in total. The third kappa shape index (κ3) is 6.02. The SMILES string of the molecule is CCCC(=O)C(=O)O.[Na]. The fourth-order valence-corrected chi connectivity index (χ4v) is 0.334. The number of ketones is 1. The molecule has 0 heterocycles. The van der Waals surface area contributed by atoms with E-state index in [2.05, 4.69) is 0 Å². The molecule has 0 amide bonds. The summed E-state index contributed by atoms with van der Waals surface area (Å²) in [6.45, 7) is 1.76. The first kappa shape index (κ1) is 11.9. The Morgan fingerprint density at radius 2 is 1.89 bits per heavy atom. The zero-order valence-corrected chi connectivity index (χ0v) is 7.68. The van der Waals surface area contributed by atoms with E-state index in [-0.39, 0.29) is 36.0 Å². The van der Waals surface area contributed by atoms with Gasteiger partial charge in [-0.15, -0.1) is 0 Å². The Balaban J connectivity index is 0. The zero-order valence-electron chi connectivity index (χ0n) is 5.68. The fourth-order valence-electron chi connectivity index (χ4n) is 0.334. The molecular formula is C5H8NaO3. The number of aliphatic carboxylic acids is 1. The van der Waals surface area contributed by atoms with E-state index in [0.29, 0.717) is 6.42 Å². The maximum absolute atomic E-state index is 10.1. The first-order chi connectivity index (χ1) is 3.68. The second-order valence-corrected chi connectivity index (χ2v) is 1.48. The number of Topliss-reactive ketones (excluding diaryl/α,β-unsaturated/α-hetero) is 1. The maximum atomic E-state index is 10.1. The van der Waals surface area contributed by atoms with Gasteiger partial charge in [0, 0.05) is 36.0 Å². The molecule has 0 spiro atoms. The summed E-state index contributed by atoms with van der Waals surface area (Å²) in [7, 11) is 0. The topological polar surface area (TPSA) is 54.4 Å². The Kier molecular flexibility index (Phi) is 8.27. The molecule has 0 atom stereocenters. The van der Waals surface area contributed by atoms with Crippen molar-refractivity contribution >= 4 is 41.3 Å². The van der Waals surface area contributed by atoms with E-state index in [0.717, 1.165) is 0 Å². The predicted molar refractivity (Wildman–Crippen MR) is 33.3 cm³/mol. The molecule has 0 saturated carbocycles. The van der Waals surface area contributed by atoms with Crippen LogP contribution >= 0.6 is 0 Å². The van der Waals surface area contributed by atoms with Crippen molar-refractivity contribution in [2.75, 3.05) is 0 Å². The van der Waals surface area contributed by atoms with Crippen molar-refractivity contribution in [1.29, 1.82) is 0 Å². The van der Waals surface area contributed by atoms with Crippen molar-refractivity contribution in [3.63, 3.8) is 0 Å². The first-order valence-electron chi connectivity index (χ1n) is 2.44. The van der Waals surface area contributed by atoms with Crippen molar-refractivity contribution in [2.45, 2.75) is 19.8 Å². The van der Waals surface area contributed by atoms with Gasteiger partial charge in [-0.3, -0.25) is 4.79 Å². The van der Waals surface area contributed by atoms with Gasteiger partial charge in [0.05, 0.1) is 0 Å². The molecule has 4 heteroatoms. The van der Waals surface area contributed by atoms with Crippen LogP contribution in [0.1, 0.15) is 19.8 Å².